The van der Waals surface area contributed by atoms with Crippen molar-refractivity contribution in [3.05, 3.63) is 30.5 Å². The summed E-state index contributed by atoms with van der Waals surface area (Å²) in [6.07, 6.45) is 7.49. The second kappa shape index (κ2) is 5.05. The Morgan fingerprint density at radius 3 is 2.89 bits per heavy atom. The van der Waals surface area contributed by atoms with E-state index in [-0.39, 0.29) is 0 Å². The van der Waals surface area contributed by atoms with Gasteiger partial charge in [-0.15, -0.1) is 0 Å². The SMILES string of the molecule is CCCOc1ccc2c(ccn2CC2CCC2)c1. The summed E-state index contributed by atoms with van der Waals surface area (Å²) in [5, 5.41) is 1.29. The van der Waals surface area contributed by atoms with Crippen LogP contribution < -0.4 is 4.74 Å². The summed E-state index contributed by atoms with van der Waals surface area (Å²) in [7, 11) is 0. The molecule has 2 nitrogen and oxygen atoms in total. The molecule has 0 amide bonds. The van der Waals surface area contributed by atoms with E-state index in [0.717, 1.165) is 24.7 Å². The van der Waals surface area contributed by atoms with Gasteiger partial charge in [0.1, 0.15) is 5.75 Å². The second-order valence-electron chi connectivity index (χ2n) is 5.33. The lowest BCUT2D eigenvalue weighted by Gasteiger charge is -2.26. The summed E-state index contributed by atoms with van der Waals surface area (Å²) < 4.78 is 8.07. The fourth-order valence-corrected chi connectivity index (χ4v) is 2.60. The molecule has 1 aromatic heterocycles. The highest BCUT2D eigenvalue weighted by Crippen LogP contribution is 2.30. The summed E-state index contributed by atoms with van der Waals surface area (Å²) >= 11 is 0. The number of fused-ring (bicyclic) bond motifs is 1. The predicted molar refractivity (Wildman–Crippen MR) is 75.1 cm³/mol. The normalized spacial score (nSPS) is 15.8. The van der Waals surface area contributed by atoms with Crippen molar-refractivity contribution < 1.29 is 4.74 Å². The Morgan fingerprint density at radius 1 is 1.28 bits per heavy atom. The third-order valence-corrected chi connectivity index (χ3v) is 3.89. The molecule has 0 saturated heterocycles. The van der Waals surface area contributed by atoms with Crippen molar-refractivity contribution in [3.8, 4) is 5.75 Å². The van der Waals surface area contributed by atoms with Crippen molar-refractivity contribution in [2.24, 2.45) is 5.92 Å². The van der Waals surface area contributed by atoms with Crippen LogP contribution in [0.15, 0.2) is 30.5 Å². The molecule has 1 aliphatic rings. The van der Waals surface area contributed by atoms with Gasteiger partial charge in [-0.3, -0.25) is 0 Å². The average Bonchev–Trinajstić information content (AvgIpc) is 2.73. The molecule has 0 unspecified atom stereocenters. The van der Waals surface area contributed by atoms with Crippen LogP contribution in [-0.4, -0.2) is 11.2 Å². The Bertz CT molecular complexity index is 525. The van der Waals surface area contributed by atoms with Crippen molar-refractivity contribution in [2.75, 3.05) is 6.61 Å². The highest BCUT2D eigenvalue weighted by Gasteiger charge is 2.18. The molecule has 0 spiro atoms. The topological polar surface area (TPSA) is 14.2 Å². The number of nitrogens with zero attached hydrogens (tertiary/aromatic N) is 1. The zero-order chi connectivity index (χ0) is 12.4. The Kier molecular flexibility index (Phi) is 3.26. The molecule has 1 heterocycles. The zero-order valence-electron chi connectivity index (χ0n) is 11.1. The molecule has 1 aromatic carbocycles. The molecule has 0 atom stereocenters. The van der Waals surface area contributed by atoms with E-state index < -0.39 is 0 Å². The summed E-state index contributed by atoms with van der Waals surface area (Å²) in [4.78, 5) is 0. The van der Waals surface area contributed by atoms with Gasteiger partial charge in [-0.25, -0.2) is 0 Å². The minimum absolute atomic E-state index is 0.800. The second-order valence-corrected chi connectivity index (χ2v) is 5.33. The van der Waals surface area contributed by atoms with Crippen LogP contribution in [0.1, 0.15) is 32.6 Å². The molecular weight excluding hydrogens is 222 g/mol. The van der Waals surface area contributed by atoms with Gasteiger partial charge in [0, 0.05) is 23.6 Å². The Balaban J connectivity index is 1.80. The first-order chi connectivity index (χ1) is 8.86. The monoisotopic (exact) mass is 243 g/mol. The molecule has 2 heteroatoms. The first-order valence-electron chi connectivity index (χ1n) is 7.08. The van der Waals surface area contributed by atoms with Crippen LogP contribution >= 0.6 is 0 Å². The van der Waals surface area contributed by atoms with Crippen LogP contribution in [-0.2, 0) is 6.54 Å². The maximum atomic E-state index is 5.68. The zero-order valence-corrected chi connectivity index (χ0v) is 11.1. The molecule has 1 saturated carbocycles. The quantitative estimate of drug-likeness (QED) is 0.766. The first kappa shape index (κ1) is 11.6. The molecule has 0 radical (unpaired) electrons. The van der Waals surface area contributed by atoms with E-state index in [0.29, 0.717) is 0 Å². The summed E-state index contributed by atoms with van der Waals surface area (Å²) in [5.74, 6) is 1.89. The highest BCUT2D eigenvalue weighted by molar-refractivity contribution is 5.81. The molecule has 1 fully saturated rings. The van der Waals surface area contributed by atoms with Gasteiger partial charge in [-0.05, 0) is 49.4 Å². The van der Waals surface area contributed by atoms with E-state index in [1.807, 2.05) is 0 Å². The first-order valence-corrected chi connectivity index (χ1v) is 7.08. The van der Waals surface area contributed by atoms with E-state index in [1.165, 1.54) is 36.7 Å². The summed E-state index contributed by atoms with van der Waals surface area (Å²) in [6, 6.07) is 8.64. The van der Waals surface area contributed by atoms with Gasteiger partial charge in [0.05, 0.1) is 6.61 Å². The van der Waals surface area contributed by atoms with Crippen molar-refractivity contribution in [1.82, 2.24) is 4.57 Å². The van der Waals surface area contributed by atoms with Gasteiger partial charge >= 0.3 is 0 Å². The van der Waals surface area contributed by atoms with Gasteiger partial charge in [-0.1, -0.05) is 13.3 Å². The largest absolute Gasteiger partial charge is 0.494 e. The van der Waals surface area contributed by atoms with E-state index in [9.17, 15) is 0 Å². The van der Waals surface area contributed by atoms with E-state index in [1.54, 1.807) is 0 Å². The highest BCUT2D eigenvalue weighted by atomic mass is 16.5. The number of ether oxygens (including phenoxy) is 1. The van der Waals surface area contributed by atoms with E-state index >= 15 is 0 Å². The maximum absolute atomic E-state index is 5.68. The van der Waals surface area contributed by atoms with E-state index in [4.69, 9.17) is 4.74 Å². The fraction of sp³-hybridized carbons (Fsp3) is 0.500. The van der Waals surface area contributed by atoms with Crippen LogP contribution in [0.5, 0.6) is 5.75 Å². The fourth-order valence-electron chi connectivity index (χ4n) is 2.60. The molecule has 0 aliphatic heterocycles. The third-order valence-electron chi connectivity index (χ3n) is 3.89. The molecule has 3 rings (SSSR count). The van der Waals surface area contributed by atoms with Crippen LogP contribution in [0.4, 0.5) is 0 Å². The van der Waals surface area contributed by atoms with Gasteiger partial charge in [-0.2, -0.15) is 0 Å². The molecular formula is C16H21NO. The maximum Gasteiger partial charge on any atom is 0.120 e. The molecule has 18 heavy (non-hydrogen) atoms. The van der Waals surface area contributed by atoms with Crippen LogP contribution in [0.3, 0.4) is 0 Å². The number of benzene rings is 1. The molecule has 0 N–H and O–H groups in total. The Hall–Kier alpha value is -1.44. The van der Waals surface area contributed by atoms with Gasteiger partial charge in [0.25, 0.3) is 0 Å². The third kappa shape index (κ3) is 2.24. The van der Waals surface area contributed by atoms with Crippen molar-refractivity contribution in [1.29, 1.82) is 0 Å². The van der Waals surface area contributed by atoms with Gasteiger partial charge < -0.3 is 9.30 Å². The standard InChI is InChI=1S/C16H21NO/c1-2-10-18-15-6-7-16-14(11-15)8-9-17(16)12-13-4-3-5-13/h6-9,11,13H,2-5,10,12H2,1H3. The van der Waals surface area contributed by atoms with Crippen LogP contribution in [0, 0.1) is 5.92 Å². The predicted octanol–water partition coefficient (Wildman–Crippen LogP) is 4.23. The van der Waals surface area contributed by atoms with Crippen molar-refractivity contribution in [2.45, 2.75) is 39.2 Å². The average molecular weight is 243 g/mol. The summed E-state index contributed by atoms with van der Waals surface area (Å²) in [6.45, 7) is 4.11. The summed E-state index contributed by atoms with van der Waals surface area (Å²) in [5.41, 5.74) is 1.34. The van der Waals surface area contributed by atoms with Gasteiger partial charge in [0.2, 0.25) is 0 Å². The number of hydrogen-bond acceptors (Lipinski definition) is 1. The van der Waals surface area contributed by atoms with Crippen LogP contribution in [0.2, 0.25) is 0 Å². The molecule has 2 aromatic rings. The number of rotatable bonds is 5. The Morgan fingerprint density at radius 2 is 2.17 bits per heavy atom. The Labute approximate surface area is 109 Å². The minimum atomic E-state index is 0.800. The lowest BCUT2D eigenvalue weighted by molar-refractivity contribution is 0.280. The number of aromatic nitrogens is 1. The number of hydrogen-bond donors (Lipinski definition) is 0. The van der Waals surface area contributed by atoms with Crippen molar-refractivity contribution in [3.63, 3.8) is 0 Å². The molecule has 0 bridgehead atoms. The molecule has 96 valence electrons. The van der Waals surface area contributed by atoms with Crippen molar-refractivity contribution >= 4 is 10.9 Å². The smallest absolute Gasteiger partial charge is 0.120 e. The van der Waals surface area contributed by atoms with Gasteiger partial charge in [0.15, 0.2) is 0 Å². The molecule has 1 aliphatic carbocycles. The lowest BCUT2D eigenvalue weighted by atomic mass is 9.85. The minimum Gasteiger partial charge on any atom is -0.494 e. The van der Waals surface area contributed by atoms with E-state index in [2.05, 4.69) is 42.0 Å². The van der Waals surface area contributed by atoms with Crippen LogP contribution in [0.25, 0.3) is 10.9 Å². The lowest BCUT2D eigenvalue weighted by Crippen LogP contribution is -2.17.